The molecule has 0 aliphatic rings. The number of methoxy groups -OCH3 is 1. The summed E-state index contributed by atoms with van der Waals surface area (Å²) < 4.78 is 6.65. The Morgan fingerprint density at radius 2 is 2.30 bits per heavy atom. The summed E-state index contributed by atoms with van der Waals surface area (Å²) in [6, 6.07) is 4.98. The van der Waals surface area contributed by atoms with Gasteiger partial charge in [0.05, 0.1) is 37.0 Å². The molecular formula is C14H18N2O3S. The van der Waals surface area contributed by atoms with Crippen LogP contribution in [0.4, 0.5) is 0 Å². The van der Waals surface area contributed by atoms with Crippen LogP contribution in [0.25, 0.3) is 10.9 Å². The second kappa shape index (κ2) is 6.76. The van der Waals surface area contributed by atoms with E-state index in [-0.39, 0.29) is 18.2 Å². The summed E-state index contributed by atoms with van der Waals surface area (Å²) in [5.41, 5.74) is 0.489. The molecule has 0 saturated heterocycles. The summed E-state index contributed by atoms with van der Waals surface area (Å²) in [5.74, 6) is 1.51. The van der Waals surface area contributed by atoms with Gasteiger partial charge in [-0.3, -0.25) is 9.36 Å². The number of thioether (sulfide) groups is 1. The third-order valence-electron chi connectivity index (χ3n) is 3.25. The van der Waals surface area contributed by atoms with Crippen LogP contribution in [0.5, 0.6) is 5.75 Å². The number of aliphatic hydroxyl groups excluding tert-OH is 1. The van der Waals surface area contributed by atoms with E-state index in [1.54, 1.807) is 37.1 Å². The zero-order valence-corrected chi connectivity index (χ0v) is 12.4. The van der Waals surface area contributed by atoms with Gasteiger partial charge in [-0.1, -0.05) is 0 Å². The second-order valence-electron chi connectivity index (χ2n) is 4.46. The van der Waals surface area contributed by atoms with Crippen molar-refractivity contribution in [2.24, 2.45) is 0 Å². The van der Waals surface area contributed by atoms with Gasteiger partial charge in [0.25, 0.3) is 5.56 Å². The van der Waals surface area contributed by atoms with Crippen molar-refractivity contribution in [2.45, 2.75) is 12.5 Å². The zero-order chi connectivity index (χ0) is 14.5. The highest BCUT2D eigenvalue weighted by Gasteiger charge is 2.13. The van der Waals surface area contributed by atoms with Crippen molar-refractivity contribution in [3.63, 3.8) is 0 Å². The predicted molar refractivity (Wildman–Crippen MR) is 81.7 cm³/mol. The van der Waals surface area contributed by atoms with Gasteiger partial charge in [-0.15, -0.1) is 0 Å². The molecular weight excluding hydrogens is 276 g/mol. The molecule has 6 heteroatoms. The smallest absolute Gasteiger partial charge is 0.261 e. The fraction of sp³-hybridized carbons (Fsp3) is 0.429. The van der Waals surface area contributed by atoms with Crippen LogP contribution in [0.1, 0.15) is 12.5 Å². The minimum atomic E-state index is -0.238. The number of aliphatic hydroxyl groups is 1. The normalized spacial score (nSPS) is 12.6. The molecule has 0 spiro atoms. The lowest BCUT2D eigenvalue weighted by atomic mass is 10.2. The number of benzene rings is 1. The maximum absolute atomic E-state index is 12.5. The first-order valence-corrected chi connectivity index (χ1v) is 7.75. The summed E-state index contributed by atoms with van der Waals surface area (Å²) in [7, 11) is 1.56. The largest absolute Gasteiger partial charge is 0.497 e. The molecule has 1 N–H and O–H groups in total. The molecule has 2 aromatic rings. The van der Waals surface area contributed by atoms with E-state index in [4.69, 9.17) is 4.74 Å². The molecule has 0 aliphatic carbocycles. The first kappa shape index (κ1) is 14.9. The minimum Gasteiger partial charge on any atom is -0.497 e. The Kier molecular flexibility index (Phi) is 5.03. The Labute approximate surface area is 121 Å². The average Bonchev–Trinajstić information content (AvgIpc) is 2.49. The number of hydrogen-bond donors (Lipinski definition) is 1. The lowest BCUT2D eigenvalue weighted by Gasteiger charge is -2.17. The highest BCUT2D eigenvalue weighted by Crippen LogP contribution is 2.18. The van der Waals surface area contributed by atoms with E-state index in [1.165, 1.54) is 10.9 Å². The Hall–Kier alpha value is -1.53. The van der Waals surface area contributed by atoms with Gasteiger partial charge in [-0.05, 0) is 36.6 Å². The van der Waals surface area contributed by atoms with Gasteiger partial charge in [0.1, 0.15) is 5.75 Å². The summed E-state index contributed by atoms with van der Waals surface area (Å²) in [6.07, 6.45) is 4.24. The van der Waals surface area contributed by atoms with Crippen molar-refractivity contribution >= 4 is 22.7 Å². The van der Waals surface area contributed by atoms with E-state index in [1.807, 2.05) is 6.26 Å². The number of ether oxygens (including phenoxy) is 1. The molecule has 1 aromatic heterocycles. The van der Waals surface area contributed by atoms with Gasteiger partial charge in [-0.2, -0.15) is 11.8 Å². The maximum Gasteiger partial charge on any atom is 0.261 e. The molecule has 0 amide bonds. The molecule has 2 rings (SSSR count). The topological polar surface area (TPSA) is 64.3 Å². The molecule has 20 heavy (non-hydrogen) atoms. The first-order valence-electron chi connectivity index (χ1n) is 6.36. The van der Waals surface area contributed by atoms with Crippen LogP contribution in [0.2, 0.25) is 0 Å². The van der Waals surface area contributed by atoms with Crippen molar-refractivity contribution in [1.29, 1.82) is 0 Å². The molecule has 108 valence electrons. The Morgan fingerprint density at radius 1 is 1.50 bits per heavy atom. The molecule has 1 heterocycles. The third kappa shape index (κ3) is 2.96. The van der Waals surface area contributed by atoms with Gasteiger partial charge < -0.3 is 9.84 Å². The van der Waals surface area contributed by atoms with Crippen LogP contribution >= 0.6 is 11.8 Å². The molecule has 5 nitrogen and oxygen atoms in total. The van der Waals surface area contributed by atoms with E-state index in [0.29, 0.717) is 16.7 Å². The number of rotatable bonds is 6. The summed E-state index contributed by atoms with van der Waals surface area (Å²) in [5, 5.41) is 9.99. The van der Waals surface area contributed by atoms with E-state index in [0.717, 1.165) is 12.2 Å². The van der Waals surface area contributed by atoms with Crippen LogP contribution in [0.3, 0.4) is 0 Å². The summed E-state index contributed by atoms with van der Waals surface area (Å²) in [4.78, 5) is 16.8. The average molecular weight is 294 g/mol. The zero-order valence-electron chi connectivity index (χ0n) is 11.6. The maximum atomic E-state index is 12.5. The fourth-order valence-corrected chi connectivity index (χ4v) is 2.58. The van der Waals surface area contributed by atoms with Crippen LogP contribution in [-0.4, -0.2) is 40.4 Å². The van der Waals surface area contributed by atoms with Crippen molar-refractivity contribution in [1.82, 2.24) is 9.55 Å². The molecule has 0 aliphatic heterocycles. The van der Waals surface area contributed by atoms with Crippen molar-refractivity contribution in [3.05, 3.63) is 34.9 Å². The standard InChI is InChI=1S/C14H18N2O3S/c1-19-11-3-4-13-12(7-11)14(18)16(9-15-13)10(8-17)5-6-20-2/h3-4,7,9-10,17H,5-6,8H2,1-2H3/t10-/m0/s1. The number of aromatic nitrogens is 2. The van der Waals surface area contributed by atoms with Gasteiger partial charge >= 0.3 is 0 Å². The molecule has 0 saturated carbocycles. The van der Waals surface area contributed by atoms with Gasteiger partial charge in [-0.25, -0.2) is 4.98 Å². The van der Waals surface area contributed by atoms with E-state index in [9.17, 15) is 9.90 Å². The van der Waals surface area contributed by atoms with Crippen molar-refractivity contribution < 1.29 is 9.84 Å². The van der Waals surface area contributed by atoms with Crippen LogP contribution in [0, 0.1) is 0 Å². The quantitative estimate of drug-likeness (QED) is 0.878. The Morgan fingerprint density at radius 3 is 2.95 bits per heavy atom. The van der Waals surface area contributed by atoms with Crippen LogP contribution in [-0.2, 0) is 0 Å². The molecule has 1 aromatic carbocycles. The Bertz CT molecular complexity index is 642. The monoisotopic (exact) mass is 294 g/mol. The van der Waals surface area contributed by atoms with Crippen LogP contribution in [0.15, 0.2) is 29.3 Å². The van der Waals surface area contributed by atoms with Crippen molar-refractivity contribution in [3.8, 4) is 5.75 Å². The number of fused-ring (bicyclic) bond motifs is 1. The predicted octanol–water partition coefficient (Wildman–Crippen LogP) is 1.69. The molecule has 0 fully saturated rings. The van der Waals surface area contributed by atoms with Crippen LogP contribution < -0.4 is 10.3 Å². The molecule has 0 unspecified atom stereocenters. The van der Waals surface area contributed by atoms with E-state index in [2.05, 4.69) is 4.98 Å². The summed E-state index contributed by atoms with van der Waals surface area (Å²) in [6.45, 7) is -0.0718. The summed E-state index contributed by atoms with van der Waals surface area (Å²) >= 11 is 1.69. The molecule has 1 atom stereocenters. The van der Waals surface area contributed by atoms with Gasteiger partial charge in [0, 0.05) is 0 Å². The minimum absolute atomic E-state index is 0.0718. The number of nitrogens with zero attached hydrogens (tertiary/aromatic N) is 2. The van der Waals surface area contributed by atoms with Crippen molar-refractivity contribution in [2.75, 3.05) is 25.7 Å². The lowest BCUT2D eigenvalue weighted by molar-refractivity contribution is 0.222. The molecule has 0 radical (unpaired) electrons. The fourth-order valence-electron chi connectivity index (χ4n) is 2.07. The SMILES string of the molecule is COc1ccc2ncn([C@H](CO)CCSC)c(=O)c2c1. The highest BCUT2D eigenvalue weighted by atomic mass is 32.2. The van der Waals surface area contributed by atoms with E-state index >= 15 is 0 Å². The van der Waals surface area contributed by atoms with Gasteiger partial charge in [0.2, 0.25) is 0 Å². The second-order valence-corrected chi connectivity index (χ2v) is 5.44. The third-order valence-corrected chi connectivity index (χ3v) is 3.89. The molecule has 0 bridgehead atoms. The highest BCUT2D eigenvalue weighted by molar-refractivity contribution is 7.98. The first-order chi connectivity index (χ1) is 9.71. The Balaban J connectivity index is 2.49. The van der Waals surface area contributed by atoms with E-state index < -0.39 is 0 Å². The lowest BCUT2D eigenvalue weighted by Crippen LogP contribution is -2.27. The number of hydrogen-bond acceptors (Lipinski definition) is 5. The van der Waals surface area contributed by atoms with Gasteiger partial charge in [0.15, 0.2) is 0 Å².